The Labute approximate surface area is 110 Å². The van der Waals surface area contributed by atoms with E-state index in [9.17, 15) is 4.79 Å². The highest BCUT2D eigenvalue weighted by molar-refractivity contribution is 5.94. The van der Waals surface area contributed by atoms with E-state index >= 15 is 0 Å². The van der Waals surface area contributed by atoms with Crippen molar-refractivity contribution in [1.29, 1.82) is 0 Å². The number of benzene rings is 1. The second-order valence-electron chi connectivity index (χ2n) is 5.05. The first kappa shape index (κ1) is 14.7. The predicted molar refractivity (Wildman–Crippen MR) is 75.4 cm³/mol. The van der Waals surface area contributed by atoms with Crippen LogP contribution in [0.1, 0.15) is 49.0 Å². The molecule has 0 radical (unpaired) electrons. The Balaban J connectivity index is 2.31. The van der Waals surface area contributed by atoms with Crippen LogP contribution in [0.3, 0.4) is 0 Å². The van der Waals surface area contributed by atoms with Crippen LogP contribution in [0, 0.1) is 5.92 Å². The zero-order valence-electron chi connectivity index (χ0n) is 11.4. The number of rotatable bonds is 7. The number of hydrogen-bond acceptors (Lipinski definition) is 2. The highest BCUT2D eigenvalue weighted by Gasteiger charge is 2.04. The molecule has 18 heavy (non-hydrogen) atoms. The minimum Gasteiger partial charge on any atom is -0.352 e. The van der Waals surface area contributed by atoms with Gasteiger partial charge in [-0.15, -0.1) is 0 Å². The van der Waals surface area contributed by atoms with E-state index < -0.39 is 0 Å². The fourth-order valence-corrected chi connectivity index (χ4v) is 1.82. The first-order valence-corrected chi connectivity index (χ1v) is 6.70. The van der Waals surface area contributed by atoms with Gasteiger partial charge in [-0.1, -0.05) is 38.8 Å². The molecule has 100 valence electrons. The molecule has 1 aromatic rings. The third-order valence-electron chi connectivity index (χ3n) is 2.92. The summed E-state index contributed by atoms with van der Waals surface area (Å²) < 4.78 is 0. The Hall–Kier alpha value is -1.35. The zero-order valence-corrected chi connectivity index (χ0v) is 11.4. The second-order valence-corrected chi connectivity index (χ2v) is 5.05. The fourth-order valence-electron chi connectivity index (χ4n) is 1.82. The summed E-state index contributed by atoms with van der Waals surface area (Å²) >= 11 is 0. The lowest BCUT2D eigenvalue weighted by atomic mass is 10.1. The topological polar surface area (TPSA) is 55.1 Å². The van der Waals surface area contributed by atoms with E-state index in [2.05, 4.69) is 19.2 Å². The van der Waals surface area contributed by atoms with E-state index in [-0.39, 0.29) is 5.91 Å². The summed E-state index contributed by atoms with van der Waals surface area (Å²) in [4.78, 5) is 11.9. The number of nitrogens with one attached hydrogen (secondary N) is 1. The Morgan fingerprint density at radius 2 is 2.11 bits per heavy atom. The van der Waals surface area contributed by atoms with Gasteiger partial charge in [0.15, 0.2) is 0 Å². The molecule has 0 aliphatic rings. The lowest BCUT2D eigenvalue weighted by Gasteiger charge is -2.07. The highest BCUT2D eigenvalue weighted by Crippen LogP contribution is 2.06. The molecule has 0 saturated carbocycles. The Bertz CT molecular complexity index is 375. The van der Waals surface area contributed by atoms with Crippen molar-refractivity contribution in [3.63, 3.8) is 0 Å². The summed E-state index contributed by atoms with van der Waals surface area (Å²) in [5.41, 5.74) is 7.24. The molecule has 0 fully saturated rings. The second kappa shape index (κ2) is 7.88. The van der Waals surface area contributed by atoms with Crippen LogP contribution in [0.5, 0.6) is 0 Å². The van der Waals surface area contributed by atoms with Crippen molar-refractivity contribution in [2.45, 2.75) is 39.7 Å². The summed E-state index contributed by atoms with van der Waals surface area (Å²) in [6.45, 7) is 5.65. The summed E-state index contributed by atoms with van der Waals surface area (Å²) in [7, 11) is 0. The predicted octanol–water partition coefficient (Wildman–Crippen LogP) is 2.70. The van der Waals surface area contributed by atoms with Crippen LogP contribution in [0.2, 0.25) is 0 Å². The maximum absolute atomic E-state index is 11.9. The molecule has 0 saturated heterocycles. The number of nitrogens with two attached hydrogens (primary N) is 1. The van der Waals surface area contributed by atoms with Crippen molar-refractivity contribution >= 4 is 5.91 Å². The number of carbonyl (C=O) groups excluding carboxylic acids is 1. The van der Waals surface area contributed by atoms with Gasteiger partial charge in [0.25, 0.3) is 5.91 Å². The van der Waals surface area contributed by atoms with Gasteiger partial charge in [-0.05, 0) is 30.0 Å². The van der Waals surface area contributed by atoms with Crippen molar-refractivity contribution < 1.29 is 4.79 Å². The van der Waals surface area contributed by atoms with Crippen molar-refractivity contribution in [3.05, 3.63) is 35.4 Å². The molecule has 0 unspecified atom stereocenters. The summed E-state index contributed by atoms with van der Waals surface area (Å²) in [5.74, 6) is 0.733. The van der Waals surface area contributed by atoms with Gasteiger partial charge < -0.3 is 11.1 Å². The largest absolute Gasteiger partial charge is 0.352 e. The molecular weight excluding hydrogens is 224 g/mol. The molecule has 0 bridgehead atoms. The Morgan fingerprint density at radius 1 is 1.33 bits per heavy atom. The first-order chi connectivity index (χ1) is 8.63. The van der Waals surface area contributed by atoms with Gasteiger partial charge in [-0.2, -0.15) is 0 Å². The van der Waals surface area contributed by atoms with Crippen LogP contribution < -0.4 is 11.1 Å². The van der Waals surface area contributed by atoms with Gasteiger partial charge in [-0.25, -0.2) is 0 Å². The van der Waals surface area contributed by atoms with Crippen LogP contribution in [0.15, 0.2) is 24.3 Å². The number of amides is 1. The van der Waals surface area contributed by atoms with Gasteiger partial charge >= 0.3 is 0 Å². The third kappa shape index (κ3) is 5.32. The van der Waals surface area contributed by atoms with Crippen molar-refractivity contribution in [1.82, 2.24) is 5.32 Å². The van der Waals surface area contributed by atoms with Gasteiger partial charge in [0, 0.05) is 18.7 Å². The first-order valence-electron chi connectivity index (χ1n) is 6.70. The van der Waals surface area contributed by atoms with Gasteiger partial charge in [-0.3, -0.25) is 4.79 Å². The van der Waals surface area contributed by atoms with E-state index in [0.29, 0.717) is 12.1 Å². The molecule has 0 atom stereocenters. The SMILES string of the molecule is CC(C)CCCCNC(=O)c1cccc(CN)c1. The average molecular weight is 248 g/mol. The van der Waals surface area contributed by atoms with Gasteiger partial charge in [0.2, 0.25) is 0 Å². The molecule has 1 rings (SSSR count). The van der Waals surface area contributed by atoms with Crippen LogP contribution in [0.4, 0.5) is 0 Å². The average Bonchev–Trinajstić information content (AvgIpc) is 2.37. The molecule has 0 spiro atoms. The number of unbranched alkanes of at least 4 members (excludes halogenated alkanes) is 1. The van der Waals surface area contributed by atoms with Crippen LogP contribution in [-0.2, 0) is 6.54 Å². The lowest BCUT2D eigenvalue weighted by molar-refractivity contribution is 0.0953. The number of hydrogen-bond donors (Lipinski definition) is 2. The molecule has 3 N–H and O–H groups in total. The molecule has 3 nitrogen and oxygen atoms in total. The van der Waals surface area contributed by atoms with Crippen molar-refractivity contribution in [3.8, 4) is 0 Å². The minimum atomic E-state index is -0.00477. The van der Waals surface area contributed by atoms with Crippen LogP contribution in [0.25, 0.3) is 0 Å². The quantitative estimate of drug-likeness (QED) is 0.729. The summed E-state index contributed by atoms with van der Waals surface area (Å²) in [6, 6.07) is 7.47. The summed E-state index contributed by atoms with van der Waals surface area (Å²) in [6.07, 6.45) is 3.43. The molecule has 0 aliphatic carbocycles. The molecule has 0 aromatic heterocycles. The minimum absolute atomic E-state index is 0.00477. The maximum Gasteiger partial charge on any atom is 0.251 e. The molecule has 3 heteroatoms. The Kier molecular flexibility index (Phi) is 6.44. The standard InChI is InChI=1S/C15H24N2O/c1-12(2)6-3-4-9-17-15(18)14-8-5-7-13(10-14)11-16/h5,7-8,10,12H,3-4,6,9,11,16H2,1-2H3,(H,17,18). The lowest BCUT2D eigenvalue weighted by Crippen LogP contribution is -2.24. The third-order valence-corrected chi connectivity index (χ3v) is 2.92. The molecule has 1 aromatic carbocycles. The van der Waals surface area contributed by atoms with Crippen LogP contribution >= 0.6 is 0 Å². The van der Waals surface area contributed by atoms with Gasteiger partial charge in [0.1, 0.15) is 0 Å². The van der Waals surface area contributed by atoms with E-state index in [4.69, 9.17) is 5.73 Å². The highest BCUT2D eigenvalue weighted by atomic mass is 16.1. The Morgan fingerprint density at radius 3 is 2.78 bits per heavy atom. The van der Waals surface area contributed by atoms with E-state index in [0.717, 1.165) is 24.4 Å². The maximum atomic E-state index is 11.9. The van der Waals surface area contributed by atoms with Crippen LogP contribution in [-0.4, -0.2) is 12.5 Å². The zero-order chi connectivity index (χ0) is 13.4. The molecule has 0 heterocycles. The van der Waals surface area contributed by atoms with Crippen molar-refractivity contribution in [2.24, 2.45) is 11.7 Å². The smallest absolute Gasteiger partial charge is 0.251 e. The molecule has 1 amide bonds. The van der Waals surface area contributed by atoms with Gasteiger partial charge in [0.05, 0.1) is 0 Å². The summed E-state index contributed by atoms with van der Waals surface area (Å²) in [5, 5.41) is 2.94. The normalized spacial score (nSPS) is 10.7. The molecule has 0 aliphatic heterocycles. The molecular formula is C15H24N2O. The van der Waals surface area contributed by atoms with Crippen molar-refractivity contribution in [2.75, 3.05) is 6.54 Å². The van der Waals surface area contributed by atoms with E-state index in [1.807, 2.05) is 24.3 Å². The number of carbonyl (C=O) groups is 1. The monoisotopic (exact) mass is 248 g/mol. The van der Waals surface area contributed by atoms with E-state index in [1.165, 1.54) is 12.8 Å². The van der Waals surface area contributed by atoms with E-state index in [1.54, 1.807) is 0 Å². The fraction of sp³-hybridized carbons (Fsp3) is 0.533.